The van der Waals surface area contributed by atoms with Crippen molar-refractivity contribution in [2.24, 2.45) is 5.92 Å². The summed E-state index contributed by atoms with van der Waals surface area (Å²) in [6.07, 6.45) is 4.50. The summed E-state index contributed by atoms with van der Waals surface area (Å²) in [6, 6.07) is 6.76. The van der Waals surface area contributed by atoms with Crippen molar-refractivity contribution in [3.8, 4) is 0 Å². The number of nitrogens with zero attached hydrogens (tertiary/aromatic N) is 2. The van der Waals surface area contributed by atoms with Gasteiger partial charge in [0, 0.05) is 30.7 Å². The van der Waals surface area contributed by atoms with Crippen LogP contribution < -0.4 is 5.73 Å². The minimum Gasteiger partial charge on any atom is -0.375 e. The van der Waals surface area contributed by atoms with Crippen molar-refractivity contribution in [2.45, 2.75) is 25.9 Å². The van der Waals surface area contributed by atoms with Crippen molar-refractivity contribution in [3.05, 3.63) is 46.7 Å². The Morgan fingerprint density at radius 3 is 2.52 bits per heavy atom. The summed E-state index contributed by atoms with van der Waals surface area (Å²) in [4.78, 5) is 7.69. The Kier molecular flexibility index (Phi) is 5.56. The second kappa shape index (κ2) is 7.20. The van der Waals surface area contributed by atoms with Crippen LogP contribution in [-0.2, 0) is 13.1 Å². The van der Waals surface area contributed by atoms with Gasteiger partial charge in [0.05, 0.1) is 0 Å². The van der Waals surface area contributed by atoms with E-state index in [0.717, 1.165) is 31.1 Å². The summed E-state index contributed by atoms with van der Waals surface area (Å²) in [5, 5.41) is 0.619. The quantitative estimate of drug-likeness (QED) is 0.879. The van der Waals surface area contributed by atoms with Crippen LogP contribution in [0.15, 0.2) is 30.5 Å². The molecule has 2 aromatic rings. The molecule has 0 aliphatic heterocycles. The fraction of sp³-hybridized carbons (Fsp3) is 0.400. The van der Waals surface area contributed by atoms with Crippen molar-refractivity contribution in [3.63, 3.8) is 0 Å². The molecule has 3 rings (SSSR count). The Hall–Kier alpha value is -1.17. The van der Waals surface area contributed by atoms with Gasteiger partial charge < -0.3 is 5.73 Å². The first kappa shape index (κ1) is 16.2. The maximum absolute atomic E-state index is 13.0. The monoisotopic (exact) mass is 327 g/mol. The largest absolute Gasteiger partial charge is 0.375 e. The van der Waals surface area contributed by atoms with E-state index in [9.17, 15) is 4.39 Å². The van der Waals surface area contributed by atoms with Crippen molar-refractivity contribution in [2.75, 3.05) is 12.3 Å². The van der Waals surface area contributed by atoms with Crippen LogP contribution >= 0.6 is 23.7 Å². The van der Waals surface area contributed by atoms with E-state index in [2.05, 4.69) is 9.88 Å². The summed E-state index contributed by atoms with van der Waals surface area (Å²) in [7, 11) is 0. The number of nitrogen functional groups attached to an aromatic ring is 1. The van der Waals surface area contributed by atoms with Gasteiger partial charge in [-0.2, -0.15) is 0 Å². The van der Waals surface area contributed by atoms with Crippen molar-refractivity contribution >= 4 is 28.9 Å². The van der Waals surface area contributed by atoms with Gasteiger partial charge in [0.15, 0.2) is 5.13 Å². The van der Waals surface area contributed by atoms with Gasteiger partial charge in [-0.15, -0.1) is 23.7 Å². The van der Waals surface area contributed by atoms with Crippen LogP contribution in [0.3, 0.4) is 0 Å². The minimum atomic E-state index is -0.183. The molecule has 0 amide bonds. The lowest BCUT2D eigenvalue weighted by Gasteiger charge is -2.21. The van der Waals surface area contributed by atoms with Crippen LogP contribution in [0, 0.1) is 11.7 Å². The Bertz CT molecular complexity index is 569. The highest BCUT2D eigenvalue weighted by Crippen LogP contribution is 2.31. The van der Waals surface area contributed by atoms with E-state index in [-0.39, 0.29) is 18.2 Å². The van der Waals surface area contributed by atoms with Crippen LogP contribution in [0.2, 0.25) is 0 Å². The number of nitrogens with two attached hydrogens (primary N) is 1. The van der Waals surface area contributed by atoms with E-state index >= 15 is 0 Å². The zero-order valence-corrected chi connectivity index (χ0v) is 13.3. The Morgan fingerprint density at radius 2 is 1.95 bits per heavy atom. The molecule has 0 unspecified atom stereocenters. The van der Waals surface area contributed by atoms with Gasteiger partial charge in [0.25, 0.3) is 0 Å². The van der Waals surface area contributed by atoms with Crippen LogP contribution in [0.1, 0.15) is 23.3 Å². The number of anilines is 1. The summed E-state index contributed by atoms with van der Waals surface area (Å²) in [5.74, 6) is 0.637. The summed E-state index contributed by atoms with van der Waals surface area (Å²) >= 11 is 1.54. The number of thiazole rings is 1. The Labute approximate surface area is 134 Å². The molecule has 1 heterocycles. The fourth-order valence-corrected chi connectivity index (χ4v) is 3.04. The topological polar surface area (TPSA) is 42.1 Å². The normalized spacial score (nSPS) is 14.2. The molecule has 0 spiro atoms. The first-order valence-corrected chi connectivity index (χ1v) is 7.67. The predicted molar refractivity (Wildman–Crippen MR) is 87.0 cm³/mol. The van der Waals surface area contributed by atoms with Crippen LogP contribution in [-0.4, -0.2) is 16.4 Å². The average Bonchev–Trinajstić information content (AvgIpc) is 3.14. The molecular weight excluding hydrogens is 309 g/mol. The molecule has 1 fully saturated rings. The van der Waals surface area contributed by atoms with Crippen LogP contribution in [0.5, 0.6) is 0 Å². The Morgan fingerprint density at radius 1 is 1.24 bits per heavy atom. The van der Waals surface area contributed by atoms with Gasteiger partial charge in [0.2, 0.25) is 0 Å². The maximum atomic E-state index is 13.0. The molecule has 1 aliphatic carbocycles. The van der Waals surface area contributed by atoms with E-state index in [1.54, 1.807) is 11.3 Å². The summed E-state index contributed by atoms with van der Waals surface area (Å²) < 4.78 is 13.0. The second-order valence-electron chi connectivity index (χ2n) is 5.40. The zero-order chi connectivity index (χ0) is 13.9. The SMILES string of the molecule is Cl.Nc1ncc(CN(Cc2ccc(F)cc2)CC2CC2)s1. The van der Waals surface area contributed by atoms with Gasteiger partial charge in [-0.25, -0.2) is 9.37 Å². The first-order valence-electron chi connectivity index (χ1n) is 6.86. The molecule has 1 aliphatic rings. The number of hydrogen-bond acceptors (Lipinski definition) is 4. The third kappa shape index (κ3) is 4.95. The molecule has 6 heteroatoms. The van der Waals surface area contributed by atoms with E-state index in [1.807, 2.05) is 18.3 Å². The standard InChI is InChI=1S/C15H18FN3S.ClH/c16-13-5-3-12(4-6-13)9-19(8-11-1-2-11)10-14-7-18-15(17)20-14;/h3-7,11H,1-2,8-10H2,(H2,17,18);1H. The molecule has 3 nitrogen and oxygen atoms in total. The predicted octanol–water partition coefficient (Wildman–Crippen LogP) is 3.70. The lowest BCUT2D eigenvalue weighted by atomic mass is 10.2. The minimum absolute atomic E-state index is 0. The van der Waals surface area contributed by atoms with Gasteiger partial charge in [-0.3, -0.25) is 4.90 Å². The third-order valence-corrected chi connectivity index (χ3v) is 4.29. The fourth-order valence-electron chi connectivity index (χ4n) is 2.31. The molecule has 0 bridgehead atoms. The maximum Gasteiger partial charge on any atom is 0.180 e. The molecule has 21 heavy (non-hydrogen) atoms. The highest BCUT2D eigenvalue weighted by atomic mass is 35.5. The molecule has 1 aromatic carbocycles. The number of hydrogen-bond donors (Lipinski definition) is 1. The average molecular weight is 328 g/mol. The lowest BCUT2D eigenvalue weighted by molar-refractivity contribution is 0.248. The highest BCUT2D eigenvalue weighted by molar-refractivity contribution is 7.15. The highest BCUT2D eigenvalue weighted by Gasteiger charge is 2.24. The van der Waals surface area contributed by atoms with Crippen molar-refractivity contribution in [1.29, 1.82) is 0 Å². The lowest BCUT2D eigenvalue weighted by Crippen LogP contribution is -2.24. The van der Waals surface area contributed by atoms with Gasteiger partial charge in [-0.05, 0) is 36.5 Å². The molecule has 1 aromatic heterocycles. The molecule has 1 saturated carbocycles. The van der Waals surface area contributed by atoms with E-state index in [1.165, 1.54) is 29.9 Å². The number of halogens is 2. The van der Waals surface area contributed by atoms with E-state index in [4.69, 9.17) is 5.73 Å². The number of benzene rings is 1. The van der Waals surface area contributed by atoms with E-state index in [0.29, 0.717) is 5.13 Å². The Balaban J connectivity index is 0.00000161. The van der Waals surface area contributed by atoms with Crippen LogP contribution in [0.25, 0.3) is 0 Å². The molecule has 0 atom stereocenters. The smallest absolute Gasteiger partial charge is 0.180 e. The summed E-state index contributed by atoms with van der Waals surface area (Å²) in [6.45, 7) is 2.80. The second-order valence-corrected chi connectivity index (χ2v) is 6.55. The number of rotatable bonds is 6. The number of aromatic nitrogens is 1. The molecule has 114 valence electrons. The van der Waals surface area contributed by atoms with Gasteiger partial charge in [0.1, 0.15) is 5.82 Å². The van der Waals surface area contributed by atoms with Crippen molar-refractivity contribution in [1.82, 2.24) is 9.88 Å². The molecule has 2 N–H and O–H groups in total. The molecular formula is C15H19ClFN3S. The van der Waals surface area contributed by atoms with Gasteiger partial charge in [-0.1, -0.05) is 12.1 Å². The zero-order valence-electron chi connectivity index (χ0n) is 11.7. The van der Waals surface area contributed by atoms with Crippen molar-refractivity contribution < 1.29 is 4.39 Å². The molecule has 0 saturated heterocycles. The third-order valence-electron chi connectivity index (χ3n) is 3.48. The van der Waals surface area contributed by atoms with E-state index < -0.39 is 0 Å². The molecule has 0 radical (unpaired) electrons. The first-order chi connectivity index (χ1) is 9.69. The van der Waals surface area contributed by atoms with Crippen LogP contribution in [0.4, 0.5) is 9.52 Å². The van der Waals surface area contributed by atoms with Gasteiger partial charge >= 0.3 is 0 Å². The summed E-state index contributed by atoms with van der Waals surface area (Å²) in [5.41, 5.74) is 6.83.